The number of hydrogen-bond donors (Lipinski definition) is 2. The lowest BCUT2D eigenvalue weighted by Crippen LogP contribution is -2.42. The van der Waals surface area contributed by atoms with E-state index in [1.165, 1.54) is 24.1 Å². The summed E-state index contributed by atoms with van der Waals surface area (Å²) in [4.78, 5) is 32.1. The van der Waals surface area contributed by atoms with Crippen molar-refractivity contribution in [3.8, 4) is 0 Å². The van der Waals surface area contributed by atoms with Crippen LogP contribution in [0, 0.1) is 5.92 Å². The molecule has 2 N–H and O–H groups in total. The molecule has 12 heteroatoms. The Hall–Kier alpha value is -1.66. The fourth-order valence-corrected chi connectivity index (χ4v) is 1.37. The summed E-state index contributed by atoms with van der Waals surface area (Å²) in [5.41, 5.74) is 0. The number of esters is 2. The second-order valence-corrected chi connectivity index (χ2v) is 5.71. The van der Waals surface area contributed by atoms with Gasteiger partial charge in [0.05, 0.1) is 39.0 Å². The first kappa shape index (κ1) is 26.6. The molecule has 1 atom stereocenters. The predicted molar refractivity (Wildman–Crippen MR) is 85.0 cm³/mol. The van der Waals surface area contributed by atoms with Crippen molar-refractivity contribution in [3.05, 3.63) is 0 Å². The number of carbonyl (C=O) groups excluding carboxylic acids is 3. The van der Waals surface area contributed by atoms with Gasteiger partial charge < -0.3 is 23.9 Å². The van der Waals surface area contributed by atoms with Crippen molar-refractivity contribution in [3.63, 3.8) is 0 Å². The third-order valence-corrected chi connectivity index (χ3v) is 3.91. The van der Waals surface area contributed by atoms with Gasteiger partial charge in [0, 0.05) is 0 Å². The Morgan fingerprint density at radius 3 is 1.73 bits per heavy atom. The summed E-state index contributed by atoms with van der Waals surface area (Å²) in [6.45, 7) is 11.2. The minimum Gasteiger partial charge on any atom is -0.476 e. The van der Waals surface area contributed by atoms with Gasteiger partial charge in [-0.25, -0.2) is 9.59 Å². The highest BCUT2D eigenvalue weighted by molar-refractivity contribution is 6.43. The highest BCUT2D eigenvalue weighted by Gasteiger charge is 2.38. The largest absolute Gasteiger partial charge is 0.709 e. The van der Waals surface area contributed by atoms with Gasteiger partial charge in [-0.05, 0) is 20.8 Å². The zero-order valence-corrected chi connectivity index (χ0v) is 15.5. The molecule has 152 valence electrons. The molecule has 0 aliphatic rings. The van der Waals surface area contributed by atoms with Crippen LogP contribution in [0.1, 0.15) is 34.1 Å². The van der Waals surface area contributed by atoms with Crippen molar-refractivity contribution in [2.24, 2.45) is 5.92 Å². The number of nitrogens with zero attached hydrogens (tertiary/aromatic N) is 1. The van der Waals surface area contributed by atoms with E-state index < -0.39 is 43.7 Å². The summed E-state index contributed by atoms with van der Waals surface area (Å²) < 4.78 is 44.5. The van der Waals surface area contributed by atoms with Gasteiger partial charge in [0.2, 0.25) is 0 Å². The van der Waals surface area contributed by atoms with Gasteiger partial charge in [0.25, 0.3) is 0 Å². The first-order valence-electron chi connectivity index (χ1n) is 7.94. The van der Waals surface area contributed by atoms with E-state index in [-0.39, 0.29) is 0 Å². The van der Waals surface area contributed by atoms with Crippen molar-refractivity contribution in [1.29, 1.82) is 0 Å². The van der Waals surface area contributed by atoms with Crippen molar-refractivity contribution in [2.45, 2.75) is 40.3 Å². The fraction of sp³-hybridized carbons (Fsp3) is 0.786. The van der Waals surface area contributed by atoms with Gasteiger partial charge >= 0.3 is 31.4 Å². The molecule has 0 aliphatic heterocycles. The summed E-state index contributed by atoms with van der Waals surface area (Å²) in [5.74, 6) is -7.51. The quantitative estimate of drug-likeness (QED) is 0.226. The standard InChI is InChI=1S/C7H8BF3O7.C7H18N/c1-3(7(9,10)11)2-4(12)17-5(13)6(14)18-8(15)16;1-5-8(4,6-2)7-3/h3,15-16H,2H2,1H3;5-7H2,1-4H3/q;+1. The lowest BCUT2D eigenvalue weighted by molar-refractivity contribution is -0.904. The van der Waals surface area contributed by atoms with Crippen LogP contribution in [0.3, 0.4) is 0 Å². The number of rotatable bonds is 6. The zero-order valence-electron chi connectivity index (χ0n) is 15.5. The second-order valence-electron chi connectivity index (χ2n) is 5.71. The van der Waals surface area contributed by atoms with Crippen LogP contribution in [-0.2, 0) is 23.8 Å². The smallest absolute Gasteiger partial charge is 0.476 e. The summed E-state index contributed by atoms with van der Waals surface area (Å²) in [5, 5.41) is 16.3. The van der Waals surface area contributed by atoms with E-state index in [2.05, 4.69) is 37.2 Å². The number of hydrogen-bond acceptors (Lipinski definition) is 7. The Kier molecular flexibility index (Phi) is 12.1. The maximum Gasteiger partial charge on any atom is 0.709 e. The number of quaternary nitrogens is 1. The highest BCUT2D eigenvalue weighted by atomic mass is 19.4. The lowest BCUT2D eigenvalue weighted by Gasteiger charge is -2.30. The molecule has 0 radical (unpaired) electrons. The summed E-state index contributed by atoms with van der Waals surface area (Å²) >= 11 is 0. The van der Waals surface area contributed by atoms with E-state index >= 15 is 0 Å². The molecule has 26 heavy (non-hydrogen) atoms. The second kappa shape index (κ2) is 11.9. The maximum atomic E-state index is 12.0. The summed E-state index contributed by atoms with van der Waals surface area (Å²) in [6.07, 6.45) is -5.81. The molecule has 0 fully saturated rings. The Morgan fingerprint density at radius 1 is 1.04 bits per heavy atom. The molecule has 0 heterocycles. The highest BCUT2D eigenvalue weighted by Crippen LogP contribution is 2.28. The van der Waals surface area contributed by atoms with Crippen molar-refractivity contribution in [2.75, 3.05) is 26.7 Å². The van der Waals surface area contributed by atoms with Crippen LogP contribution in [0.25, 0.3) is 0 Å². The van der Waals surface area contributed by atoms with Gasteiger partial charge in [-0.3, -0.25) is 4.79 Å². The van der Waals surface area contributed by atoms with Gasteiger partial charge in [0.1, 0.15) is 0 Å². The number of alkyl halides is 3. The Labute approximate surface area is 150 Å². The van der Waals surface area contributed by atoms with E-state index in [1.54, 1.807) is 0 Å². The van der Waals surface area contributed by atoms with Gasteiger partial charge in [-0.15, -0.1) is 0 Å². The molecule has 0 aromatic rings. The minimum atomic E-state index is -4.65. The van der Waals surface area contributed by atoms with Crippen molar-refractivity contribution >= 4 is 25.2 Å². The molecular formula is C14H26BF3NO7+. The number of halogens is 3. The van der Waals surface area contributed by atoms with Crippen LogP contribution in [0.2, 0.25) is 0 Å². The van der Waals surface area contributed by atoms with E-state index in [4.69, 9.17) is 10.0 Å². The molecule has 0 amide bonds. The molecule has 1 unspecified atom stereocenters. The van der Waals surface area contributed by atoms with Gasteiger partial charge in [-0.2, -0.15) is 13.2 Å². The fourth-order valence-electron chi connectivity index (χ4n) is 1.37. The lowest BCUT2D eigenvalue weighted by atomic mass is 10.1. The summed E-state index contributed by atoms with van der Waals surface area (Å²) in [7, 11) is -0.311. The third-order valence-electron chi connectivity index (χ3n) is 3.91. The van der Waals surface area contributed by atoms with Crippen LogP contribution >= 0.6 is 0 Å². The summed E-state index contributed by atoms with van der Waals surface area (Å²) in [6, 6.07) is 0. The van der Waals surface area contributed by atoms with Crippen LogP contribution in [0.5, 0.6) is 0 Å². The minimum absolute atomic E-state index is 0.682. The Morgan fingerprint density at radius 2 is 1.46 bits per heavy atom. The van der Waals surface area contributed by atoms with Crippen LogP contribution in [-0.4, -0.2) is 72.6 Å². The SMILES string of the molecule is CC(CC(=O)OC(=O)C(=O)OB(O)O)C(F)(F)F.CC[N+](C)(CC)CC. The predicted octanol–water partition coefficient (Wildman–Crippen LogP) is 0.650. The molecule has 8 nitrogen and oxygen atoms in total. The molecule has 0 aliphatic carbocycles. The molecule has 0 rings (SSSR count). The van der Waals surface area contributed by atoms with Gasteiger partial charge in [0.15, 0.2) is 0 Å². The van der Waals surface area contributed by atoms with Crippen LogP contribution < -0.4 is 0 Å². The Bertz CT molecular complexity index is 460. The van der Waals surface area contributed by atoms with E-state index in [0.717, 1.165) is 0 Å². The van der Waals surface area contributed by atoms with Crippen LogP contribution in [0.15, 0.2) is 0 Å². The average molecular weight is 388 g/mol. The van der Waals surface area contributed by atoms with Crippen LogP contribution in [0.4, 0.5) is 13.2 Å². The zero-order chi connectivity index (χ0) is 21.1. The molecule has 0 spiro atoms. The normalized spacial score (nSPS) is 12.4. The third kappa shape index (κ3) is 11.8. The van der Waals surface area contributed by atoms with E-state index in [1.807, 2.05) is 0 Å². The van der Waals surface area contributed by atoms with Gasteiger partial charge in [-0.1, -0.05) is 6.92 Å². The van der Waals surface area contributed by atoms with Crippen molar-refractivity contribution < 1.29 is 51.5 Å². The molecular weight excluding hydrogens is 362 g/mol. The molecule has 0 aromatic heterocycles. The van der Waals surface area contributed by atoms with E-state index in [0.29, 0.717) is 6.92 Å². The van der Waals surface area contributed by atoms with E-state index in [9.17, 15) is 27.6 Å². The molecule has 0 bridgehead atoms. The monoisotopic (exact) mass is 388 g/mol. The number of ether oxygens (including phenoxy) is 1. The molecule has 0 saturated carbocycles. The average Bonchev–Trinajstić information content (AvgIpc) is 2.52. The topological polar surface area (TPSA) is 110 Å². The molecule has 0 saturated heterocycles. The Balaban J connectivity index is 0. The first-order chi connectivity index (χ1) is 11.7. The molecule has 0 aromatic carbocycles. The van der Waals surface area contributed by atoms with Crippen molar-refractivity contribution in [1.82, 2.24) is 0 Å². The number of carbonyl (C=O) groups is 3. The first-order valence-corrected chi connectivity index (χ1v) is 7.94. The maximum absolute atomic E-state index is 12.0.